The van der Waals surface area contributed by atoms with Crippen molar-refractivity contribution in [2.45, 2.75) is 20.3 Å². The Balaban J connectivity index is 2.54. The van der Waals surface area contributed by atoms with Crippen LogP contribution in [0.1, 0.15) is 20.3 Å². The highest BCUT2D eigenvalue weighted by Gasteiger charge is 2.25. The Morgan fingerprint density at radius 1 is 1.25 bits per heavy atom. The molecule has 2 amide bonds. The van der Waals surface area contributed by atoms with Crippen LogP contribution in [-0.2, 0) is 9.59 Å². The molecule has 5 N–H and O–H groups in total. The number of amides is 2. The number of hydrogen-bond donors (Lipinski definition) is 3. The van der Waals surface area contributed by atoms with Crippen molar-refractivity contribution in [1.29, 1.82) is 0 Å². The normalized spacial score (nSPS) is 10.9. The Morgan fingerprint density at radius 3 is 2.35 bits per heavy atom. The Labute approximate surface area is 118 Å². The molecule has 0 aliphatic heterocycles. The van der Waals surface area contributed by atoms with E-state index in [-0.39, 0.29) is 25.5 Å². The van der Waals surface area contributed by atoms with E-state index in [1.807, 2.05) is 0 Å². The maximum absolute atomic E-state index is 11.9. The van der Waals surface area contributed by atoms with Gasteiger partial charge in [-0.1, -0.05) is 0 Å². The molecular formula is C14H21N3O3. The quantitative estimate of drug-likeness (QED) is 0.688. The Bertz CT molecular complexity index is 469. The van der Waals surface area contributed by atoms with Gasteiger partial charge in [0.25, 0.3) is 0 Å². The highest BCUT2D eigenvalue weighted by atomic mass is 16.5. The highest BCUT2D eigenvalue weighted by Crippen LogP contribution is 2.19. The minimum atomic E-state index is -0.614. The first-order valence-electron chi connectivity index (χ1n) is 6.38. The molecule has 20 heavy (non-hydrogen) atoms. The standard InChI is InChI=1S/C14H21N3O3/c1-14(2,9-15)13(19)17-10-3-5-11(6-4-10)20-8-7-12(16)18/h3-6H,7-9,15H2,1-2H3,(H2,16,18)(H,17,19). The number of anilines is 1. The van der Waals surface area contributed by atoms with Crippen molar-refractivity contribution in [2.75, 3.05) is 18.5 Å². The van der Waals surface area contributed by atoms with Gasteiger partial charge in [-0.3, -0.25) is 9.59 Å². The molecule has 0 saturated heterocycles. The average Bonchev–Trinajstić information content (AvgIpc) is 2.40. The third kappa shape index (κ3) is 4.89. The van der Waals surface area contributed by atoms with E-state index in [1.165, 1.54) is 0 Å². The number of primary amides is 1. The molecule has 0 unspecified atom stereocenters. The number of rotatable bonds is 7. The van der Waals surface area contributed by atoms with E-state index in [4.69, 9.17) is 16.2 Å². The summed E-state index contributed by atoms with van der Waals surface area (Å²) in [4.78, 5) is 22.5. The van der Waals surface area contributed by atoms with Crippen molar-refractivity contribution >= 4 is 17.5 Å². The third-order valence-electron chi connectivity index (χ3n) is 2.85. The fourth-order valence-electron chi connectivity index (χ4n) is 1.30. The van der Waals surface area contributed by atoms with Crippen LogP contribution in [0.2, 0.25) is 0 Å². The van der Waals surface area contributed by atoms with Gasteiger partial charge in [0.2, 0.25) is 11.8 Å². The van der Waals surface area contributed by atoms with E-state index < -0.39 is 11.3 Å². The first kappa shape index (κ1) is 16.0. The maximum atomic E-state index is 11.9. The zero-order valence-corrected chi connectivity index (χ0v) is 11.8. The molecule has 0 aliphatic rings. The van der Waals surface area contributed by atoms with Crippen molar-refractivity contribution < 1.29 is 14.3 Å². The molecule has 6 nitrogen and oxygen atoms in total. The predicted octanol–water partition coefficient (Wildman–Crippen LogP) is 0.864. The molecule has 0 fully saturated rings. The van der Waals surface area contributed by atoms with Gasteiger partial charge in [0.05, 0.1) is 18.4 Å². The fourth-order valence-corrected chi connectivity index (χ4v) is 1.30. The van der Waals surface area contributed by atoms with Crippen molar-refractivity contribution in [2.24, 2.45) is 16.9 Å². The van der Waals surface area contributed by atoms with Crippen molar-refractivity contribution in [3.8, 4) is 5.75 Å². The van der Waals surface area contributed by atoms with Gasteiger partial charge in [-0.2, -0.15) is 0 Å². The number of nitrogens with two attached hydrogens (primary N) is 2. The number of benzene rings is 1. The molecule has 0 heterocycles. The average molecular weight is 279 g/mol. The largest absolute Gasteiger partial charge is 0.493 e. The summed E-state index contributed by atoms with van der Waals surface area (Å²) < 4.78 is 5.33. The van der Waals surface area contributed by atoms with Gasteiger partial charge < -0.3 is 21.5 Å². The summed E-state index contributed by atoms with van der Waals surface area (Å²) in [6, 6.07) is 6.88. The van der Waals surface area contributed by atoms with Crippen LogP contribution >= 0.6 is 0 Å². The zero-order valence-electron chi connectivity index (χ0n) is 11.8. The lowest BCUT2D eigenvalue weighted by atomic mass is 9.92. The zero-order chi connectivity index (χ0) is 15.2. The van der Waals surface area contributed by atoms with Crippen molar-refractivity contribution in [3.05, 3.63) is 24.3 Å². The topological polar surface area (TPSA) is 107 Å². The molecule has 1 aromatic carbocycles. The molecule has 0 atom stereocenters. The van der Waals surface area contributed by atoms with E-state index in [2.05, 4.69) is 5.32 Å². The minimum absolute atomic E-state index is 0.137. The second-order valence-electron chi connectivity index (χ2n) is 5.13. The molecule has 6 heteroatoms. The monoisotopic (exact) mass is 279 g/mol. The smallest absolute Gasteiger partial charge is 0.231 e. The summed E-state index contributed by atoms with van der Waals surface area (Å²) in [5.74, 6) is 0.0719. The maximum Gasteiger partial charge on any atom is 0.231 e. The van der Waals surface area contributed by atoms with Crippen LogP contribution in [0.15, 0.2) is 24.3 Å². The predicted molar refractivity (Wildman–Crippen MR) is 77.2 cm³/mol. The van der Waals surface area contributed by atoms with Crippen LogP contribution in [0.5, 0.6) is 5.75 Å². The SMILES string of the molecule is CC(C)(CN)C(=O)Nc1ccc(OCCC(N)=O)cc1. The van der Waals surface area contributed by atoms with Crippen LogP contribution in [0.25, 0.3) is 0 Å². The number of carbonyl (C=O) groups is 2. The molecule has 0 spiro atoms. The molecule has 1 aromatic rings. The van der Waals surface area contributed by atoms with Gasteiger partial charge >= 0.3 is 0 Å². The minimum Gasteiger partial charge on any atom is -0.493 e. The van der Waals surface area contributed by atoms with Gasteiger partial charge in [-0.25, -0.2) is 0 Å². The van der Waals surface area contributed by atoms with Gasteiger partial charge in [-0.15, -0.1) is 0 Å². The fraction of sp³-hybridized carbons (Fsp3) is 0.429. The summed E-state index contributed by atoms with van der Waals surface area (Å²) in [7, 11) is 0. The molecule has 0 aliphatic carbocycles. The summed E-state index contributed by atoms with van der Waals surface area (Å²) in [5.41, 5.74) is 10.6. The van der Waals surface area contributed by atoms with E-state index in [0.29, 0.717) is 11.4 Å². The first-order chi connectivity index (χ1) is 9.35. The highest BCUT2D eigenvalue weighted by molar-refractivity contribution is 5.95. The van der Waals surface area contributed by atoms with Gasteiger partial charge in [0.1, 0.15) is 5.75 Å². The molecular weight excluding hydrogens is 258 g/mol. The number of nitrogens with one attached hydrogen (secondary N) is 1. The third-order valence-corrected chi connectivity index (χ3v) is 2.85. The molecule has 1 rings (SSSR count). The van der Waals surface area contributed by atoms with Gasteiger partial charge in [0, 0.05) is 12.2 Å². The van der Waals surface area contributed by atoms with Crippen LogP contribution in [0.4, 0.5) is 5.69 Å². The van der Waals surface area contributed by atoms with Crippen molar-refractivity contribution in [3.63, 3.8) is 0 Å². The van der Waals surface area contributed by atoms with Crippen LogP contribution in [0, 0.1) is 5.41 Å². The summed E-state index contributed by atoms with van der Waals surface area (Å²) in [6.45, 7) is 4.07. The van der Waals surface area contributed by atoms with Gasteiger partial charge in [-0.05, 0) is 38.1 Å². The lowest BCUT2D eigenvalue weighted by Crippen LogP contribution is -2.37. The number of carbonyl (C=O) groups excluding carboxylic acids is 2. The molecule has 0 saturated carbocycles. The van der Waals surface area contributed by atoms with E-state index in [1.54, 1.807) is 38.1 Å². The second kappa shape index (κ2) is 6.91. The molecule has 110 valence electrons. The first-order valence-corrected chi connectivity index (χ1v) is 6.38. The molecule has 0 bridgehead atoms. The Kier molecular flexibility index (Phi) is 5.52. The van der Waals surface area contributed by atoms with Gasteiger partial charge in [0.15, 0.2) is 0 Å². The van der Waals surface area contributed by atoms with E-state index in [0.717, 1.165) is 0 Å². The number of ether oxygens (including phenoxy) is 1. The van der Waals surface area contributed by atoms with Crippen LogP contribution in [0.3, 0.4) is 0 Å². The Hall–Kier alpha value is -2.08. The molecule has 0 aromatic heterocycles. The summed E-state index contributed by atoms with van der Waals surface area (Å²) in [5, 5.41) is 2.79. The van der Waals surface area contributed by atoms with Crippen LogP contribution in [-0.4, -0.2) is 25.0 Å². The van der Waals surface area contributed by atoms with Crippen molar-refractivity contribution in [1.82, 2.24) is 0 Å². The lowest BCUT2D eigenvalue weighted by molar-refractivity contribution is -0.123. The second-order valence-corrected chi connectivity index (χ2v) is 5.13. The lowest BCUT2D eigenvalue weighted by Gasteiger charge is -2.21. The summed E-state index contributed by atoms with van der Waals surface area (Å²) >= 11 is 0. The van der Waals surface area contributed by atoms with E-state index in [9.17, 15) is 9.59 Å². The molecule has 0 radical (unpaired) electrons. The van der Waals surface area contributed by atoms with Crippen LogP contribution < -0.4 is 21.5 Å². The number of hydrogen-bond acceptors (Lipinski definition) is 4. The Morgan fingerprint density at radius 2 is 1.85 bits per heavy atom. The summed E-state index contributed by atoms with van der Waals surface area (Å²) in [6.07, 6.45) is 0.170. The van der Waals surface area contributed by atoms with E-state index >= 15 is 0 Å².